The predicted molar refractivity (Wildman–Crippen MR) is 129 cm³/mol. The zero-order valence-corrected chi connectivity index (χ0v) is 20.2. The van der Waals surface area contributed by atoms with Gasteiger partial charge in [-0.1, -0.05) is 18.0 Å². The first kappa shape index (κ1) is 22.2. The third-order valence-corrected chi connectivity index (χ3v) is 8.72. The molecule has 5 rings (SSSR count). The van der Waals surface area contributed by atoms with Gasteiger partial charge >= 0.3 is 0 Å². The first-order valence-corrected chi connectivity index (χ1v) is 13.7. The molecule has 0 bridgehead atoms. The summed E-state index contributed by atoms with van der Waals surface area (Å²) in [4.78, 5) is 5.95. The van der Waals surface area contributed by atoms with E-state index in [1.807, 2.05) is 37.4 Å². The monoisotopic (exact) mass is 483 g/mol. The minimum absolute atomic E-state index is 0.268. The molecule has 3 heterocycles. The van der Waals surface area contributed by atoms with E-state index in [0.717, 1.165) is 47.1 Å². The van der Waals surface area contributed by atoms with E-state index in [1.54, 1.807) is 34.3 Å². The van der Waals surface area contributed by atoms with E-state index >= 15 is 0 Å². The summed E-state index contributed by atoms with van der Waals surface area (Å²) in [6.45, 7) is 3.01. The van der Waals surface area contributed by atoms with E-state index < -0.39 is 10.0 Å². The van der Waals surface area contributed by atoms with Crippen LogP contribution in [0.4, 0.5) is 0 Å². The molecule has 0 atom stereocenters. The van der Waals surface area contributed by atoms with Crippen molar-refractivity contribution in [2.45, 2.75) is 42.4 Å². The molecule has 0 spiro atoms. The lowest BCUT2D eigenvalue weighted by molar-refractivity contribution is 0.419. The van der Waals surface area contributed by atoms with Gasteiger partial charge in [0.25, 0.3) is 5.89 Å². The maximum absolute atomic E-state index is 13.2. The Kier molecular flexibility index (Phi) is 6.03. The molecule has 0 saturated carbocycles. The van der Waals surface area contributed by atoms with Crippen LogP contribution in [0.5, 0.6) is 0 Å². The van der Waals surface area contributed by atoms with Crippen molar-refractivity contribution in [3.8, 4) is 23.0 Å². The lowest BCUT2D eigenvalue weighted by atomic mass is 10.1. The van der Waals surface area contributed by atoms with Gasteiger partial charge in [0.2, 0.25) is 15.8 Å². The third-order valence-electron chi connectivity index (χ3n) is 6.08. The fraction of sp³-hybridized carbons (Fsp3) is 0.333. The van der Waals surface area contributed by atoms with Crippen molar-refractivity contribution in [1.29, 1.82) is 0 Å². The quantitative estimate of drug-likeness (QED) is 0.334. The first-order chi connectivity index (χ1) is 16.0. The number of nitrogens with zero attached hydrogens (tertiary/aromatic N) is 3. The molecule has 2 aromatic carbocycles. The topological polar surface area (TPSA) is 89.4 Å². The number of furan rings is 1. The largest absolute Gasteiger partial charge is 0.451 e. The highest BCUT2D eigenvalue weighted by Gasteiger charge is 2.27. The molecule has 1 fully saturated rings. The molecule has 172 valence electrons. The second kappa shape index (κ2) is 8.96. The van der Waals surface area contributed by atoms with Crippen LogP contribution in [0, 0.1) is 6.92 Å². The van der Waals surface area contributed by atoms with Gasteiger partial charge in [-0.3, -0.25) is 0 Å². The van der Waals surface area contributed by atoms with Crippen LogP contribution in [0.25, 0.3) is 34.0 Å². The maximum atomic E-state index is 13.2. The molecule has 0 amide bonds. The van der Waals surface area contributed by atoms with Gasteiger partial charge in [-0.05, 0) is 68.5 Å². The van der Waals surface area contributed by atoms with E-state index in [1.165, 1.54) is 0 Å². The Morgan fingerprint density at radius 3 is 2.42 bits per heavy atom. The number of hydrogen-bond donors (Lipinski definition) is 0. The number of aryl methyl sites for hydroxylation is 1. The van der Waals surface area contributed by atoms with Gasteiger partial charge in [0.1, 0.15) is 5.58 Å². The maximum Gasteiger partial charge on any atom is 0.294 e. The normalized spacial score (nSPS) is 15.7. The van der Waals surface area contributed by atoms with Crippen molar-refractivity contribution in [3.63, 3.8) is 0 Å². The van der Waals surface area contributed by atoms with Crippen molar-refractivity contribution in [2.24, 2.45) is 0 Å². The van der Waals surface area contributed by atoms with E-state index in [2.05, 4.69) is 10.1 Å². The molecule has 4 aromatic rings. The molecule has 1 aliphatic rings. The first-order valence-electron chi connectivity index (χ1n) is 11.0. The summed E-state index contributed by atoms with van der Waals surface area (Å²) < 4.78 is 39.6. The minimum Gasteiger partial charge on any atom is -0.451 e. The van der Waals surface area contributed by atoms with E-state index in [9.17, 15) is 8.42 Å². The van der Waals surface area contributed by atoms with Crippen LogP contribution < -0.4 is 0 Å². The molecule has 1 aliphatic heterocycles. The van der Waals surface area contributed by atoms with Crippen molar-refractivity contribution in [2.75, 3.05) is 19.3 Å². The van der Waals surface area contributed by atoms with Gasteiger partial charge in [-0.2, -0.15) is 9.29 Å². The Balaban J connectivity index is 1.48. The van der Waals surface area contributed by atoms with Crippen LogP contribution in [-0.2, 0) is 10.0 Å². The molecule has 0 radical (unpaired) electrons. The van der Waals surface area contributed by atoms with Crippen molar-refractivity contribution < 1.29 is 17.4 Å². The SMILES string of the molecule is CSc1ccc(-c2noc(-c3oc4ccc(S(=O)(=O)N5CCCCCC5)cc4c3C)n2)cc1. The Labute approximate surface area is 197 Å². The molecule has 7 nitrogen and oxygen atoms in total. The molecule has 2 aromatic heterocycles. The number of hydrogen-bond acceptors (Lipinski definition) is 7. The number of thioether (sulfide) groups is 1. The smallest absolute Gasteiger partial charge is 0.294 e. The number of benzene rings is 2. The predicted octanol–water partition coefficient (Wildman–Crippen LogP) is 5.74. The van der Waals surface area contributed by atoms with Crippen LogP contribution in [0.3, 0.4) is 0 Å². The third kappa shape index (κ3) is 4.20. The molecule has 1 saturated heterocycles. The standard InChI is InChI=1S/C24H25N3O4S2/c1-16-20-15-19(33(28,29)27-13-5-3-4-6-14-27)11-12-21(20)30-22(16)24-25-23(26-31-24)17-7-9-18(32-2)10-8-17/h7-12,15H,3-6,13-14H2,1-2H3. The van der Waals surface area contributed by atoms with Gasteiger partial charge in [-0.25, -0.2) is 8.42 Å². The zero-order valence-electron chi connectivity index (χ0n) is 18.6. The molecule has 33 heavy (non-hydrogen) atoms. The average Bonchev–Trinajstić information content (AvgIpc) is 3.33. The lowest BCUT2D eigenvalue weighted by Crippen LogP contribution is -2.31. The second-order valence-corrected chi connectivity index (χ2v) is 11.0. The van der Waals surface area contributed by atoms with E-state index in [4.69, 9.17) is 8.94 Å². The highest BCUT2D eigenvalue weighted by atomic mass is 32.2. The summed E-state index contributed by atoms with van der Waals surface area (Å²) in [5.41, 5.74) is 2.20. The van der Waals surface area contributed by atoms with Gasteiger partial charge in [0.15, 0.2) is 5.76 Å². The number of aromatic nitrogens is 2. The van der Waals surface area contributed by atoms with E-state index in [0.29, 0.717) is 30.3 Å². The fourth-order valence-corrected chi connectivity index (χ4v) is 6.12. The summed E-state index contributed by atoms with van der Waals surface area (Å²) in [5.74, 6) is 1.19. The van der Waals surface area contributed by atoms with Gasteiger partial charge in [0.05, 0.1) is 4.90 Å². The number of rotatable bonds is 5. The average molecular weight is 484 g/mol. The summed E-state index contributed by atoms with van der Waals surface area (Å²) >= 11 is 1.67. The van der Waals surface area contributed by atoms with Gasteiger partial charge in [0, 0.05) is 34.5 Å². The highest BCUT2D eigenvalue weighted by molar-refractivity contribution is 7.98. The van der Waals surface area contributed by atoms with Crippen LogP contribution in [0.15, 0.2) is 61.2 Å². The molecule has 9 heteroatoms. The van der Waals surface area contributed by atoms with Crippen LogP contribution in [0.2, 0.25) is 0 Å². The van der Waals surface area contributed by atoms with Crippen molar-refractivity contribution in [1.82, 2.24) is 14.4 Å². The zero-order chi connectivity index (χ0) is 23.0. The Morgan fingerprint density at radius 2 is 1.73 bits per heavy atom. The summed E-state index contributed by atoms with van der Waals surface area (Å²) in [6, 6.07) is 12.9. The molecular formula is C24H25N3O4S2. The number of fused-ring (bicyclic) bond motifs is 1. The highest BCUT2D eigenvalue weighted by Crippen LogP contribution is 2.35. The molecule has 0 unspecified atom stereocenters. The lowest BCUT2D eigenvalue weighted by Gasteiger charge is -2.19. The van der Waals surface area contributed by atoms with E-state index in [-0.39, 0.29) is 10.8 Å². The van der Waals surface area contributed by atoms with Gasteiger partial charge in [-0.15, -0.1) is 11.8 Å². The van der Waals surface area contributed by atoms with Crippen LogP contribution in [-0.4, -0.2) is 42.2 Å². The Morgan fingerprint density at radius 1 is 1.00 bits per heavy atom. The summed E-state index contributed by atoms with van der Waals surface area (Å²) in [5, 5.41) is 4.83. The van der Waals surface area contributed by atoms with Crippen molar-refractivity contribution in [3.05, 3.63) is 48.0 Å². The van der Waals surface area contributed by atoms with Crippen LogP contribution in [0.1, 0.15) is 31.2 Å². The summed E-state index contributed by atoms with van der Waals surface area (Å²) in [7, 11) is -3.55. The molecule has 0 N–H and O–H groups in total. The Hall–Kier alpha value is -2.62. The van der Waals surface area contributed by atoms with Crippen LogP contribution >= 0.6 is 11.8 Å². The molecular weight excluding hydrogens is 458 g/mol. The number of sulfonamides is 1. The molecule has 0 aliphatic carbocycles. The minimum atomic E-state index is -3.55. The van der Waals surface area contributed by atoms with Gasteiger partial charge < -0.3 is 8.94 Å². The summed E-state index contributed by atoms with van der Waals surface area (Å²) in [6.07, 6.45) is 5.97. The Bertz CT molecular complexity index is 1380. The van der Waals surface area contributed by atoms with Crippen molar-refractivity contribution >= 4 is 32.8 Å². The fourth-order valence-electron chi connectivity index (χ4n) is 4.17. The second-order valence-electron chi connectivity index (χ2n) is 8.18.